The summed E-state index contributed by atoms with van der Waals surface area (Å²) in [4.78, 5) is 26.0. The second kappa shape index (κ2) is 10.4. The van der Waals surface area contributed by atoms with E-state index >= 15 is 0 Å². The fourth-order valence-electron chi connectivity index (χ4n) is 4.15. The molecule has 1 amide bonds. The van der Waals surface area contributed by atoms with Gasteiger partial charge >= 0.3 is 5.97 Å². The number of methoxy groups -OCH3 is 2. The van der Waals surface area contributed by atoms with E-state index in [-0.39, 0.29) is 11.7 Å². The van der Waals surface area contributed by atoms with E-state index in [1.165, 1.54) is 19.2 Å². The highest BCUT2D eigenvalue weighted by molar-refractivity contribution is 6.00. The van der Waals surface area contributed by atoms with Gasteiger partial charge in [0.2, 0.25) is 0 Å². The third-order valence-electron chi connectivity index (χ3n) is 5.96. The van der Waals surface area contributed by atoms with E-state index < -0.39 is 18.1 Å². The molecule has 8 nitrogen and oxygen atoms in total. The van der Waals surface area contributed by atoms with Crippen LogP contribution in [-0.4, -0.2) is 56.4 Å². The normalized spacial score (nSPS) is 18.1. The van der Waals surface area contributed by atoms with Crippen molar-refractivity contribution in [1.29, 1.82) is 0 Å². The van der Waals surface area contributed by atoms with Crippen LogP contribution in [-0.2, 0) is 4.74 Å². The molecule has 1 aliphatic heterocycles. The van der Waals surface area contributed by atoms with Crippen molar-refractivity contribution in [2.75, 3.05) is 27.3 Å². The van der Waals surface area contributed by atoms with Gasteiger partial charge in [0.25, 0.3) is 5.91 Å². The van der Waals surface area contributed by atoms with Crippen LogP contribution in [0.15, 0.2) is 54.6 Å². The van der Waals surface area contributed by atoms with Gasteiger partial charge in [-0.15, -0.1) is 0 Å². The van der Waals surface area contributed by atoms with Gasteiger partial charge in [-0.3, -0.25) is 4.79 Å². The van der Waals surface area contributed by atoms with E-state index in [2.05, 4.69) is 10.6 Å². The van der Waals surface area contributed by atoms with Crippen LogP contribution < -0.4 is 20.1 Å². The Morgan fingerprint density at radius 2 is 1.79 bits per heavy atom. The van der Waals surface area contributed by atoms with E-state index in [0.29, 0.717) is 35.6 Å². The smallest absolute Gasteiger partial charge is 0.342 e. The number of phenols is 1. The van der Waals surface area contributed by atoms with Gasteiger partial charge in [0.15, 0.2) is 0 Å². The van der Waals surface area contributed by atoms with Crippen molar-refractivity contribution in [1.82, 2.24) is 10.6 Å². The molecule has 2 atom stereocenters. The van der Waals surface area contributed by atoms with Gasteiger partial charge in [-0.1, -0.05) is 12.1 Å². The molecule has 4 rings (SSSR count). The number of ether oxygens (including phenoxy) is 3. The van der Waals surface area contributed by atoms with Crippen LogP contribution in [0.25, 0.3) is 10.8 Å². The zero-order chi connectivity index (χ0) is 24.1. The Kier molecular flexibility index (Phi) is 7.18. The Morgan fingerprint density at radius 3 is 2.53 bits per heavy atom. The lowest BCUT2D eigenvalue weighted by Gasteiger charge is -2.26. The maximum Gasteiger partial charge on any atom is 0.342 e. The molecule has 0 spiro atoms. The number of esters is 1. The summed E-state index contributed by atoms with van der Waals surface area (Å²) in [5.74, 6) is 0.338. The highest BCUT2D eigenvalue weighted by Gasteiger charge is 2.30. The third-order valence-corrected chi connectivity index (χ3v) is 5.96. The Bertz CT molecular complexity index is 1180. The largest absolute Gasteiger partial charge is 0.508 e. The third kappa shape index (κ3) is 5.07. The number of carbonyl (C=O) groups is 2. The summed E-state index contributed by atoms with van der Waals surface area (Å²) in [6.07, 6.45) is 0.882. The molecule has 1 fully saturated rings. The molecule has 0 radical (unpaired) electrons. The molecule has 0 saturated carbocycles. The summed E-state index contributed by atoms with van der Waals surface area (Å²) in [7, 11) is 3.10. The van der Waals surface area contributed by atoms with Crippen LogP contribution >= 0.6 is 0 Å². The molecule has 1 saturated heterocycles. The number of amides is 1. The molecule has 8 heteroatoms. The van der Waals surface area contributed by atoms with Crippen molar-refractivity contribution in [3.05, 3.63) is 65.7 Å². The number of hydrogen-bond donors (Lipinski definition) is 3. The predicted molar refractivity (Wildman–Crippen MR) is 128 cm³/mol. The molecule has 0 unspecified atom stereocenters. The zero-order valence-electron chi connectivity index (χ0n) is 19.2. The number of phenolic OH excluding ortho intramolecular Hbond substituents is 1. The molecule has 0 bridgehead atoms. The number of fused-ring (bicyclic) bond motifs is 1. The molecule has 178 valence electrons. The zero-order valence-corrected chi connectivity index (χ0v) is 19.2. The number of aromatic hydroxyl groups is 1. The molecule has 0 aliphatic carbocycles. The maximum atomic E-state index is 13.2. The van der Waals surface area contributed by atoms with E-state index in [9.17, 15) is 14.7 Å². The lowest BCUT2D eigenvalue weighted by atomic mass is 10.0. The van der Waals surface area contributed by atoms with Gasteiger partial charge in [0.05, 0.1) is 20.3 Å². The van der Waals surface area contributed by atoms with Gasteiger partial charge in [-0.25, -0.2) is 4.79 Å². The molecular weight excluding hydrogens is 436 g/mol. The summed E-state index contributed by atoms with van der Waals surface area (Å²) in [6, 6.07) is 14.7. The minimum Gasteiger partial charge on any atom is -0.508 e. The first-order valence-corrected chi connectivity index (χ1v) is 11.2. The molecule has 0 aromatic heterocycles. The first-order valence-electron chi connectivity index (χ1n) is 11.2. The first kappa shape index (κ1) is 23.4. The van der Waals surface area contributed by atoms with Crippen LogP contribution in [0.4, 0.5) is 0 Å². The number of carbonyl (C=O) groups excluding carboxylic acids is 2. The van der Waals surface area contributed by atoms with Gasteiger partial charge in [0, 0.05) is 17.5 Å². The number of rotatable bonds is 6. The minimum atomic E-state index is -0.519. The lowest BCUT2D eigenvalue weighted by molar-refractivity contribution is 0.0189. The Hall–Kier alpha value is -3.78. The average molecular weight is 465 g/mol. The second-order valence-electron chi connectivity index (χ2n) is 8.15. The van der Waals surface area contributed by atoms with Crippen LogP contribution in [0.1, 0.15) is 33.6 Å². The van der Waals surface area contributed by atoms with Crippen molar-refractivity contribution in [3.8, 4) is 17.2 Å². The molecule has 3 aromatic rings. The summed E-state index contributed by atoms with van der Waals surface area (Å²) < 4.78 is 16.8. The molecule has 34 heavy (non-hydrogen) atoms. The average Bonchev–Trinajstić information content (AvgIpc) is 3.07. The summed E-state index contributed by atoms with van der Waals surface area (Å²) >= 11 is 0. The second-order valence-corrected chi connectivity index (χ2v) is 8.15. The van der Waals surface area contributed by atoms with E-state index in [0.717, 1.165) is 23.7 Å². The van der Waals surface area contributed by atoms with Crippen LogP contribution in [0.5, 0.6) is 17.2 Å². The highest BCUT2D eigenvalue weighted by Crippen LogP contribution is 2.33. The minimum absolute atomic E-state index is 0.0847. The van der Waals surface area contributed by atoms with Gasteiger partial charge in [-0.05, 0) is 67.2 Å². The monoisotopic (exact) mass is 464 g/mol. The van der Waals surface area contributed by atoms with Gasteiger partial charge in [0.1, 0.15) is 28.9 Å². The van der Waals surface area contributed by atoms with Crippen LogP contribution in [0.3, 0.4) is 0 Å². The number of nitrogens with one attached hydrogen (secondary N) is 2. The molecule has 3 aromatic carbocycles. The van der Waals surface area contributed by atoms with Crippen molar-refractivity contribution in [2.24, 2.45) is 0 Å². The van der Waals surface area contributed by atoms with E-state index in [1.807, 2.05) is 18.2 Å². The lowest BCUT2D eigenvalue weighted by Crippen LogP contribution is -2.49. The van der Waals surface area contributed by atoms with Crippen molar-refractivity contribution in [2.45, 2.75) is 25.0 Å². The summed E-state index contributed by atoms with van der Waals surface area (Å²) in [5, 5.41) is 17.4. The molecule has 3 N–H and O–H groups in total. The maximum absolute atomic E-state index is 13.2. The quantitative estimate of drug-likeness (QED) is 0.481. The molecule has 1 heterocycles. The summed E-state index contributed by atoms with van der Waals surface area (Å²) in [6.45, 7) is 1.23. The molecular formula is C26H28N2O6. The van der Waals surface area contributed by atoms with Gasteiger partial charge < -0.3 is 30.0 Å². The van der Waals surface area contributed by atoms with Gasteiger partial charge in [-0.2, -0.15) is 0 Å². The predicted octanol–water partition coefficient (Wildman–Crippen LogP) is 3.27. The Morgan fingerprint density at radius 1 is 1.03 bits per heavy atom. The Labute approximate surface area is 197 Å². The molecule has 1 aliphatic rings. The van der Waals surface area contributed by atoms with E-state index in [4.69, 9.17) is 14.2 Å². The Balaban J connectivity index is 1.56. The highest BCUT2D eigenvalue weighted by atomic mass is 16.5. The van der Waals surface area contributed by atoms with Crippen molar-refractivity contribution >= 4 is 22.6 Å². The van der Waals surface area contributed by atoms with Crippen LogP contribution in [0.2, 0.25) is 0 Å². The summed E-state index contributed by atoms with van der Waals surface area (Å²) in [5.41, 5.74) is 0.723. The first-order chi connectivity index (χ1) is 16.5. The van der Waals surface area contributed by atoms with Crippen molar-refractivity contribution < 1.29 is 28.9 Å². The topological polar surface area (TPSA) is 106 Å². The SMILES string of the molecule is COc1cc2c(OC)cccc2cc1C(=O)O[C@@H]1CCCNC[C@H]1NC(=O)c1ccc(O)cc1. The van der Waals surface area contributed by atoms with E-state index in [1.54, 1.807) is 31.4 Å². The van der Waals surface area contributed by atoms with Crippen LogP contribution in [0, 0.1) is 0 Å². The number of benzene rings is 3. The fourth-order valence-corrected chi connectivity index (χ4v) is 4.15. The fraction of sp³-hybridized carbons (Fsp3) is 0.308. The standard InChI is InChI=1S/C26H28N2O6/c1-32-22-6-3-5-17-13-20(24(33-2)14-19(17)22)26(31)34-23-7-4-12-27-15-21(23)28-25(30)16-8-10-18(29)11-9-16/h3,5-6,8-11,13-14,21,23,27,29H,4,7,12,15H2,1-2H3,(H,28,30)/t21-,23-/m1/s1. The number of hydrogen-bond acceptors (Lipinski definition) is 7. The van der Waals surface area contributed by atoms with Crippen molar-refractivity contribution in [3.63, 3.8) is 0 Å².